The van der Waals surface area contributed by atoms with Crippen LogP contribution in [0.25, 0.3) is 0 Å². The highest BCUT2D eigenvalue weighted by molar-refractivity contribution is 9.10. The number of rotatable bonds is 5. The molecule has 110 valence electrons. The largest absolute Gasteiger partial charge is 0.311 e. The quantitative estimate of drug-likeness (QED) is 0.812. The Morgan fingerprint density at radius 3 is 2.57 bits per heavy atom. The van der Waals surface area contributed by atoms with Crippen molar-refractivity contribution in [3.8, 4) is 0 Å². The Labute approximate surface area is 135 Å². The second-order valence-corrected chi connectivity index (χ2v) is 7.09. The van der Waals surface area contributed by atoms with Crippen LogP contribution in [0.2, 0.25) is 0 Å². The number of halogens is 1. The third-order valence-corrected chi connectivity index (χ3v) is 4.86. The van der Waals surface area contributed by atoms with Crippen LogP contribution < -0.4 is 5.32 Å². The summed E-state index contributed by atoms with van der Waals surface area (Å²) in [6.45, 7) is 2.29. The first kappa shape index (κ1) is 14.8. The third-order valence-electron chi connectivity index (χ3n) is 4.36. The third kappa shape index (κ3) is 3.96. The molecule has 0 radical (unpaired) electrons. The molecule has 1 fully saturated rings. The average Bonchev–Trinajstić information content (AvgIpc) is 2.43. The van der Waals surface area contributed by atoms with E-state index in [0.717, 1.165) is 12.3 Å². The van der Waals surface area contributed by atoms with Crippen LogP contribution in [0.5, 0.6) is 0 Å². The molecule has 1 unspecified atom stereocenters. The summed E-state index contributed by atoms with van der Waals surface area (Å²) in [5.74, 6) is 0.726. The average molecular weight is 344 g/mol. The fraction of sp³-hybridized carbons (Fsp3) is 0.368. The van der Waals surface area contributed by atoms with Gasteiger partial charge in [0.25, 0.3) is 0 Å². The number of benzene rings is 2. The lowest BCUT2D eigenvalue weighted by molar-refractivity contribution is 0.269. The van der Waals surface area contributed by atoms with Gasteiger partial charge in [-0.05, 0) is 55.4 Å². The molecule has 0 aliphatic heterocycles. The van der Waals surface area contributed by atoms with Crippen LogP contribution in [0.4, 0.5) is 0 Å². The van der Waals surface area contributed by atoms with Crippen molar-refractivity contribution in [3.05, 3.63) is 70.2 Å². The molecule has 0 bridgehead atoms. The van der Waals surface area contributed by atoms with Gasteiger partial charge in [-0.15, -0.1) is 0 Å². The van der Waals surface area contributed by atoms with Gasteiger partial charge >= 0.3 is 0 Å². The minimum atomic E-state index is 0.542. The van der Waals surface area contributed by atoms with Gasteiger partial charge in [0.15, 0.2) is 0 Å². The fourth-order valence-corrected chi connectivity index (χ4v) is 3.63. The number of nitrogens with one attached hydrogen (secondary N) is 1. The first-order valence-electron chi connectivity index (χ1n) is 7.76. The molecule has 0 spiro atoms. The molecule has 1 aliphatic rings. The Hall–Kier alpha value is -1.12. The van der Waals surface area contributed by atoms with Crippen molar-refractivity contribution in [2.24, 2.45) is 0 Å². The van der Waals surface area contributed by atoms with E-state index in [1.165, 1.54) is 28.4 Å². The molecule has 0 aromatic heterocycles. The Morgan fingerprint density at radius 2 is 1.86 bits per heavy atom. The highest BCUT2D eigenvalue weighted by atomic mass is 79.9. The van der Waals surface area contributed by atoms with Gasteiger partial charge in [0.1, 0.15) is 0 Å². The smallest absolute Gasteiger partial charge is 0.0178 e. The van der Waals surface area contributed by atoms with E-state index in [2.05, 4.69) is 82.8 Å². The van der Waals surface area contributed by atoms with Crippen LogP contribution in [0.1, 0.15) is 36.8 Å². The molecule has 1 N–H and O–H groups in total. The van der Waals surface area contributed by atoms with Crippen LogP contribution >= 0.6 is 15.9 Å². The van der Waals surface area contributed by atoms with E-state index >= 15 is 0 Å². The molecule has 3 rings (SSSR count). The lowest BCUT2D eigenvalue weighted by Gasteiger charge is -2.38. The van der Waals surface area contributed by atoms with E-state index in [1.807, 2.05) is 0 Å². The maximum Gasteiger partial charge on any atom is 0.0178 e. The van der Waals surface area contributed by atoms with Crippen LogP contribution in [0.3, 0.4) is 0 Å². The molecule has 1 aliphatic carbocycles. The highest BCUT2D eigenvalue weighted by Crippen LogP contribution is 2.37. The highest BCUT2D eigenvalue weighted by Gasteiger charge is 2.30. The minimum absolute atomic E-state index is 0.542. The fourth-order valence-electron chi connectivity index (χ4n) is 3.22. The minimum Gasteiger partial charge on any atom is -0.311 e. The van der Waals surface area contributed by atoms with Crippen molar-refractivity contribution < 1.29 is 0 Å². The SMILES string of the molecule is CC(Cc1ccccc1)NC1CC(c2cccc(Br)c2)C1. The Morgan fingerprint density at radius 1 is 1.10 bits per heavy atom. The van der Waals surface area contributed by atoms with Gasteiger partial charge in [0, 0.05) is 16.6 Å². The zero-order valence-electron chi connectivity index (χ0n) is 12.4. The summed E-state index contributed by atoms with van der Waals surface area (Å²) in [5, 5.41) is 3.77. The summed E-state index contributed by atoms with van der Waals surface area (Å²) in [6.07, 6.45) is 3.63. The van der Waals surface area contributed by atoms with E-state index in [1.54, 1.807) is 0 Å². The predicted octanol–water partition coefficient (Wildman–Crippen LogP) is 4.92. The number of hydrogen-bond donors (Lipinski definition) is 1. The second-order valence-electron chi connectivity index (χ2n) is 6.18. The van der Waals surface area contributed by atoms with Crippen LogP contribution in [0, 0.1) is 0 Å². The molecule has 0 amide bonds. The molecule has 0 heterocycles. The maximum absolute atomic E-state index is 3.77. The topological polar surface area (TPSA) is 12.0 Å². The summed E-state index contributed by atoms with van der Waals surface area (Å²) in [5.41, 5.74) is 2.89. The van der Waals surface area contributed by atoms with Crippen molar-refractivity contribution in [3.63, 3.8) is 0 Å². The zero-order chi connectivity index (χ0) is 14.7. The van der Waals surface area contributed by atoms with E-state index in [-0.39, 0.29) is 0 Å². The molecule has 1 atom stereocenters. The Kier molecular flexibility index (Phi) is 4.77. The van der Waals surface area contributed by atoms with Gasteiger partial charge in [-0.25, -0.2) is 0 Å². The van der Waals surface area contributed by atoms with Gasteiger partial charge in [0.2, 0.25) is 0 Å². The molecule has 0 saturated heterocycles. The predicted molar refractivity (Wildman–Crippen MR) is 92.6 cm³/mol. The van der Waals surface area contributed by atoms with Crippen LogP contribution in [-0.2, 0) is 6.42 Å². The Bertz CT molecular complexity index is 575. The summed E-state index contributed by atoms with van der Waals surface area (Å²) in [4.78, 5) is 0. The lowest BCUT2D eigenvalue weighted by atomic mass is 9.75. The van der Waals surface area contributed by atoms with Gasteiger partial charge in [-0.3, -0.25) is 0 Å². The molecule has 21 heavy (non-hydrogen) atoms. The van der Waals surface area contributed by atoms with Gasteiger partial charge in [-0.2, -0.15) is 0 Å². The molecular formula is C19H22BrN. The summed E-state index contributed by atoms with van der Waals surface area (Å²) >= 11 is 3.56. The first-order chi connectivity index (χ1) is 10.2. The molecular weight excluding hydrogens is 322 g/mol. The van der Waals surface area contributed by atoms with Crippen LogP contribution in [0.15, 0.2) is 59.1 Å². The standard InChI is InChI=1S/C19H22BrN/c1-14(10-15-6-3-2-4-7-15)21-19-12-17(13-19)16-8-5-9-18(20)11-16/h2-9,11,14,17,19,21H,10,12-13H2,1H3. The summed E-state index contributed by atoms with van der Waals surface area (Å²) < 4.78 is 1.19. The lowest BCUT2D eigenvalue weighted by Crippen LogP contribution is -2.45. The van der Waals surface area contributed by atoms with Crippen LogP contribution in [-0.4, -0.2) is 12.1 Å². The summed E-state index contributed by atoms with van der Waals surface area (Å²) in [6, 6.07) is 20.7. The second kappa shape index (κ2) is 6.76. The molecule has 2 heteroatoms. The van der Waals surface area contributed by atoms with Crippen molar-refractivity contribution in [1.29, 1.82) is 0 Å². The first-order valence-corrected chi connectivity index (χ1v) is 8.55. The van der Waals surface area contributed by atoms with E-state index in [4.69, 9.17) is 0 Å². The van der Waals surface area contributed by atoms with Crippen molar-refractivity contribution in [2.75, 3.05) is 0 Å². The molecule has 2 aromatic rings. The molecule has 1 nitrogen and oxygen atoms in total. The molecule has 1 saturated carbocycles. The molecule has 2 aromatic carbocycles. The maximum atomic E-state index is 3.77. The van der Waals surface area contributed by atoms with E-state index in [9.17, 15) is 0 Å². The normalized spacial score (nSPS) is 22.6. The Balaban J connectivity index is 1.46. The monoisotopic (exact) mass is 343 g/mol. The van der Waals surface area contributed by atoms with Crippen molar-refractivity contribution >= 4 is 15.9 Å². The zero-order valence-corrected chi connectivity index (χ0v) is 14.0. The van der Waals surface area contributed by atoms with E-state index in [0.29, 0.717) is 12.1 Å². The van der Waals surface area contributed by atoms with Gasteiger partial charge in [-0.1, -0.05) is 58.4 Å². The summed E-state index contributed by atoms with van der Waals surface area (Å²) in [7, 11) is 0. The van der Waals surface area contributed by atoms with Gasteiger partial charge < -0.3 is 5.32 Å². The van der Waals surface area contributed by atoms with Crippen molar-refractivity contribution in [2.45, 2.75) is 44.2 Å². The number of hydrogen-bond acceptors (Lipinski definition) is 1. The van der Waals surface area contributed by atoms with Crippen molar-refractivity contribution in [1.82, 2.24) is 5.32 Å². The van der Waals surface area contributed by atoms with E-state index < -0.39 is 0 Å². The van der Waals surface area contributed by atoms with Gasteiger partial charge in [0.05, 0.1) is 0 Å².